The Morgan fingerprint density at radius 1 is 1.16 bits per heavy atom. The summed E-state index contributed by atoms with van der Waals surface area (Å²) in [5.41, 5.74) is 1.78. The lowest BCUT2D eigenvalue weighted by Gasteiger charge is -2.16. The normalized spacial score (nSPS) is 14.2. The lowest BCUT2D eigenvalue weighted by atomic mass is 10.1. The quantitative estimate of drug-likeness (QED) is 0.768. The molecule has 3 aromatic rings. The number of benzene rings is 1. The third-order valence-corrected chi connectivity index (χ3v) is 4.42. The number of amides is 1. The summed E-state index contributed by atoms with van der Waals surface area (Å²) in [6.45, 7) is 2.38. The molecular weight excluding hydrogens is 318 g/mol. The first-order valence-electron chi connectivity index (χ1n) is 8.50. The van der Waals surface area contributed by atoms with Crippen molar-refractivity contribution in [2.75, 3.05) is 24.5 Å². The maximum absolute atomic E-state index is 12.6. The number of hydrogen-bond acceptors (Lipinski definition) is 6. The SMILES string of the molecule is O=C(NCCc1ccccc1)c1noc2ncnc(N3CCCC3)c12. The second kappa shape index (κ2) is 6.88. The maximum atomic E-state index is 12.6. The van der Waals surface area contributed by atoms with Gasteiger partial charge in [0.25, 0.3) is 11.6 Å². The molecule has 0 bridgehead atoms. The maximum Gasteiger partial charge on any atom is 0.274 e. The summed E-state index contributed by atoms with van der Waals surface area (Å²) in [4.78, 5) is 23.2. The van der Waals surface area contributed by atoms with E-state index >= 15 is 0 Å². The van der Waals surface area contributed by atoms with Crippen LogP contribution >= 0.6 is 0 Å². The van der Waals surface area contributed by atoms with Crippen molar-refractivity contribution in [3.05, 3.63) is 47.9 Å². The van der Waals surface area contributed by atoms with Crippen LogP contribution in [-0.4, -0.2) is 40.7 Å². The molecule has 128 valence electrons. The number of carbonyl (C=O) groups excluding carboxylic acids is 1. The Morgan fingerprint density at radius 2 is 1.96 bits per heavy atom. The minimum atomic E-state index is -0.259. The molecule has 3 heterocycles. The second-order valence-corrected chi connectivity index (χ2v) is 6.09. The van der Waals surface area contributed by atoms with Gasteiger partial charge in [-0.25, -0.2) is 4.98 Å². The van der Waals surface area contributed by atoms with Gasteiger partial charge in [-0.1, -0.05) is 35.5 Å². The van der Waals surface area contributed by atoms with Gasteiger partial charge in [-0.15, -0.1) is 0 Å². The van der Waals surface area contributed by atoms with Crippen LogP contribution in [0.1, 0.15) is 28.9 Å². The van der Waals surface area contributed by atoms with E-state index in [0.717, 1.165) is 38.2 Å². The van der Waals surface area contributed by atoms with Crippen molar-refractivity contribution in [3.8, 4) is 0 Å². The van der Waals surface area contributed by atoms with Crippen molar-refractivity contribution >= 4 is 22.8 Å². The van der Waals surface area contributed by atoms with Gasteiger partial charge in [0.1, 0.15) is 17.5 Å². The summed E-state index contributed by atoms with van der Waals surface area (Å²) >= 11 is 0. The molecule has 7 heteroatoms. The predicted octanol–water partition coefficient (Wildman–Crippen LogP) is 2.19. The molecule has 1 N–H and O–H groups in total. The van der Waals surface area contributed by atoms with Crippen LogP contribution in [0.15, 0.2) is 41.2 Å². The van der Waals surface area contributed by atoms with Crippen LogP contribution in [0.4, 0.5) is 5.82 Å². The summed E-state index contributed by atoms with van der Waals surface area (Å²) in [5.74, 6) is 0.474. The Hall–Kier alpha value is -2.96. The zero-order valence-corrected chi connectivity index (χ0v) is 13.8. The Balaban J connectivity index is 1.53. The molecule has 1 aliphatic heterocycles. The van der Waals surface area contributed by atoms with Gasteiger partial charge in [-0.3, -0.25) is 4.79 Å². The molecule has 1 aliphatic rings. The van der Waals surface area contributed by atoms with Gasteiger partial charge in [-0.05, 0) is 24.8 Å². The minimum absolute atomic E-state index is 0.255. The topological polar surface area (TPSA) is 84.2 Å². The number of nitrogens with one attached hydrogen (secondary N) is 1. The van der Waals surface area contributed by atoms with Crippen LogP contribution in [0.3, 0.4) is 0 Å². The lowest BCUT2D eigenvalue weighted by Crippen LogP contribution is -2.27. The zero-order valence-electron chi connectivity index (χ0n) is 13.8. The van der Waals surface area contributed by atoms with E-state index in [0.29, 0.717) is 17.6 Å². The minimum Gasteiger partial charge on any atom is -0.356 e. The molecule has 1 aromatic carbocycles. The molecule has 0 unspecified atom stereocenters. The third kappa shape index (κ3) is 3.17. The lowest BCUT2D eigenvalue weighted by molar-refractivity contribution is 0.0946. The Labute approximate surface area is 145 Å². The highest BCUT2D eigenvalue weighted by atomic mass is 16.5. The molecule has 0 aliphatic carbocycles. The predicted molar refractivity (Wildman–Crippen MR) is 93.5 cm³/mol. The van der Waals surface area contributed by atoms with Crippen LogP contribution < -0.4 is 10.2 Å². The number of fused-ring (bicyclic) bond motifs is 1. The van der Waals surface area contributed by atoms with Gasteiger partial charge >= 0.3 is 0 Å². The van der Waals surface area contributed by atoms with E-state index in [1.807, 2.05) is 30.3 Å². The summed E-state index contributed by atoms with van der Waals surface area (Å²) in [6, 6.07) is 10.0. The van der Waals surface area contributed by atoms with Crippen molar-refractivity contribution in [2.24, 2.45) is 0 Å². The fourth-order valence-electron chi connectivity index (χ4n) is 3.14. The monoisotopic (exact) mass is 337 g/mol. The smallest absolute Gasteiger partial charge is 0.274 e. The number of anilines is 1. The highest BCUT2D eigenvalue weighted by Crippen LogP contribution is 2.28. The molecule has 0 saturated carbocycles. The number of aromatic nitrogens is 3. The van der Waals surface area contributed by atoms with Crippen molar-refractivity contribution in [1.82, 2.24) is 20.4 Å². The van der Waals surface area contributed by atoms with Gasteiger partial charge in [0, 0.05) is 19.6 Å². The molecule has 1 amide bonds. The molecule has 0 radical (unpaired) electrons. The number of hydrogen-bond donors (Lipinski definition) is 1. The number of carbonyl (C=O) groups is 1. The average molecular weight is 337 g/mol. The molecule has 0 atom stereocenters. The first-order chi connectivity index (χ1) is 12.3. The first kappa shape index (κ1) is 15.6. The standard InChI is InChI=1S/C18H19N5O2/c24-17(19-9-8-13-6-2-1-3-7-13)15-14-16(23-10-4-5-11-23)20-12-21-18(14)25-22-15/h1-3,6-7,12H,4-5,8-11H2,(H,19,24). The molecule has 1 fully saturated rings. The van der Waals surface area contributed by atoms with E-state index in [4.69, 9.17) is 4.52 Å². The van der Waals surface area contributed by atoms with Gasteiger partial charge in [0.2, 0.25) is 0 Å². The average Bonchev–Trinajstić information content (AvgIpc) is 3.32. The molecule has 4 rings (SSSR count). The number of nitrogens with zero attached hydrogens (tertiary/aromatic N) is 4. The molecular formula is C18H19N5O2. The summed E-state index contributed by atoms with van der Waals surface area (Å²) in [7, 11) is 0. The van der Waals surface area contributed by atoms with E-state index in [2.05, 4.69) is 25.3 Å². The van der Waals surface area contributed by atoms with Crippen LogP contribution in [0, 0.1) is 0 Å². The van der Waals surface area contributed by atoms with Crippen molar-refractivity contribution in [1.29, 1.82) is 0 Å². The molecule has 1 saturated heterocycles. The summed E-state index contributed by atoms with van der Waals surface area (Å²) < 4.78 is 5.25. The van der Waals surface area contributed by atoms with E-state index < -0.39 is 0 Å². The highest BCUT2D eigenvalue weighted by Gasteiger charge is 2.25. The fraction of sp³-hybridized carbons (Fsp3) is 0.333. The summed E-state index contributed by atoms with van der Waals surface area (Å²) in [5, 5.41) is 7.44. The van der Waals surface area contributed by atoms with Crippen LogP contribution in [-0.2, 0) is 6.42 Å². The van der Waals surface area contributed by atoms with Crippen molar-refractivity contribution in [3.63, 3.8) is 0 Å². The van der Waals surface area contributed by atoms with E-state index in [9.17, 15) is 4.79 Å². The van der Waals surface area contributed by atoms with E-state index in [-0.39, 0.29) is 11.6 Å². The van der Waals surface area contributed by atoms with Crippen molar-refractivity contribution in [2.45, 2.75) is 19.3 Å². The van der Waals surface area contributed by atoms with Gasteiger partial charge in [0.15, 0.2) is 5.69 Å². The fourth-order valence-corrected chi connectivity index (χ4v) is 3.14. The van der Waals surface area contributed by atoms with Gasteiger partial charge in [0.05, 0.1) is 0 Å². The van der Waals surface area contributed by atoms with Crippen molar-refractivity contribution < 1.29 is 9.32 Å². The van der Waals surface area contributed by atoms with Gasteiger partial charge in [-0.2, -0.15) is 4.98 Å². The molecule has 25 heavy (non-hydrogen) atoms. The number of rotatable bonds is 5. The molecule has 7 nitrogen and oxygen atoms in total. The largest absolute Gasteiger partial charge is 0.356 e. The Bertz CT molecular complexity index is 872. The molecule has 0 spiro atoms. The first-order valence-corrected chi connectivity index (χ1v) is 8.50. The van der Waals surface area contributed by atoms with Crippen LogP contribution in [0.2, 0.25) is 0 Å². The van der Waals surface area contributed by atoms with E-state index in [1.54, 1.807) is 0 Å². The zero-order chi connectivity index (χ0) is 17.1. The highest BCUT2D eigenvalue weighted by molar-refractivity contribution is 6.07. The molecule has 2 aromatic heterocycles. The Kier molecular flexibility index (Phi) is 4.28. The van der Waals surface area contributed by atoms with E-state index in [1.165, 1.54) is 11.9 Å². The van der Waals surface area contributed by atoms with Crippen LogP contribution in [0.5, 0.6) is 0 Å². The Morgan fingerprint density at radius 3 is 2.76 bits per heavy atom. The van der Waals surface area contributed by atoms with Gasteiger partial charge < -0.3 is 14.7 Å². The second-order valence-electron chi connectivity index (χ2n) is 6.09. The third-order valence-electron chi connectivity index (χ3n) is 4.42. The van der Waals surface area contributed by atoms with Crippen LogP contribution in [0.25, 0.3) is 11.1 Å². The summed E-state index contributed by atoms with van der Waals surface area (Å²) in [6.07, 6.45) is 4.46.